The Morgan fingerprint density at radius 1 is 0.969 bits per heavy atom. The second kappa shape index (κ2) is 24.2. The molecule has 0 aromatic carbocycles. The average Bonchev–Trinajstić information content (AvgIpc) is 3.74. The molecule has 1 fully saturated rings. The van der Waals surface area contributed by atoms with Crippen molar-refractivity contribution in [1.82, 2.24) is 40.8 Å². The number of hydrogen-bond donors (Lipinski definition) is 12. The molecule has 1 aliphatic heterocycles. The first-order valence-corrected chi connectivity index (χ1v) is 24.7. The van der Waals surface area contributed by atoms with Crippen LogP contribution < -0.4 is 32.7 Å². The second-order valence-electron chi connectivity index (χ2n) is 14.6. The van der Waals surface area contributed by atoms with Gasteiger partial charge in [-0.05, 0) is 19.3 Å². The standard InChI is InChI=1S/C31H53N10O19P3S/c1-17(42)40-18(27(33)47)6-4-5-8-34-21(44)13-64-11-10-35-20(43)7-9-36-29(48)25(46)31(2,3)14-57-63(54,55)60-62(52,53)56-12-19-24(59-61(49,50)51)23(45)30(58-19)41-16-39-22-26(32)37-15-38-28(22)41/h15-16,18-19,23-25,30,45-46H,4-14H2,1-3H3,(H2,33,47)(H,34,44)(H,35,43)(H,36,48)(H,40,42)(H,52,53)(H,54,55)(H2,32,37,38)(H2,49,50,51)/t18?,19?,23-,24-,25+,30?/m1/s1. The van der Waals surface area contributed by atoms with Gasteiger partial charge in [0, 0.05) is 44.1 Å². The third kappa shape index (κ3) is 17.9. The predicted molar refractivity (Wildman–Crippen MR) is 221 cm³/mol. The van der Waals surface area contributed by atoms with E-state index in [-0.39, 0.29) is 54.1 Å². The fraction of sp³-hybridized carbons (Fsp3) is 0.677. The molecule has 3 heterocycles. The van der Waals surface area contributed by atoms with Gasteiger partial charge in [0.1, 0.15) is 42.3 Å². The van der Waals surface area contributed by atoms with Crippen molar-refractivity contribution in [1.29, 1.82) is 0 Å². The van der Waals surface area contributed by atoms with Crippen LogP contribution in [0.15, 0.2) is 12.7 Å². The smallest absolute Gasteiger partial charge is 0.386 e. The molecular formula is C31H53N10O19P3S. The minimum absolute atomic E-state index is 0.0196. The Bertz CT molecular complexity index is 2100. The van der Waals surface area contributed by atoms with Crippen molar-refractivity contribution in [2.24, 2.45) is 11.1 Å². The van der Waals surface area contributed by atoms with E-state index >= 15 is 0 Å². The third-order valence-corrected chi connectivity index (χ3v) is 12.9. The molecule has 2 aromatic rings. The molecule has 362 valence electrons. The Morgan fingerprint density at radius 3 is 2.30 bits per heavy atom. The van der Waals surface area contributed by atoms with Gasteiger partial charge in [-0.25, -0.2) is 28.6 Å². The molecule has 8 atom stereocenters. The molecule has 0 aliphatic carbocycles. The quantitative estimate of drug-likeness (QED) is 0.0307. The Kier molecular flexibility index (Phi) is 20.6. The number of carbonyl (C=O) groups is 5. The maximum Gasteiger partial charge on any atom is 0.481 e. The fourth-order valence-electron chi connectivity index (χ4n) is 5.65. The van der Waals surface area contributed by atoms with Gasteiger partial charge >= 0.3 is 23.5 Å². The van der Waals surface area contributed by atoms with Crippen molar-refractivity contribution in [2.75, 3.05) is 50.1 Å². The summed E-state index contributed by atoms with van der Waals surface area (Å²) in [5, 5.41) is 31.6. The van der Waals surface area contributed by atoms with E-state index in [0.29, 0.717) is 31.6 Å². The number of hydrogen-bond acceptors (Lipinski definition) is 20. The van der Waals surface area contributed by atoms with Crippen LogP contribution in [-0.4, -0.2) is 154 Å². The van der Waals surface area contributed by atoms with Crippen LogP contribution in [0.1, 0.15) is 52.7 Å². The Morgan fingerprint density at radius 2 is 1.64 bits per heavy atom. The number of aromatic nitrogens is 4. The lowest BCUT2D eigenvalue weighted by molar-refractivity contribution is -0.137. The number of thioether (sulfide) groups is 1. The van der Waals surface area contributed by atoms with E-state index in [0.717, 1.165) is 17.2 Å². The van der Waals surface area contributed by atoms with Crippen LogP contribution in [0.25, 0.3) is 11.2 Å². The number of phosphoric acid groups is 3. The number of nitrogen functional groups attached to an aromatic ring is 1. The zero-order valence-electron chi connectivity index (χ0n) is 34.6. The lowest BCUT2D eigenvalue weighted by Gasteiger charge is -2.30. The molecule has 0 radical (unpaired) electrons. The summed E-state index contributed by atoms with van der Waals surface area (Å²) in [6.07, 6.45) is -5.62. The van der Waals surface area contributed by atoms with E-state index < -0.39 is 96.5 Å². The summed E-state index contributed by atoms with van der Waals surface area (Å²) in [7, 11) is -16.5. The lowest BCUT2D eigenvalue weighted by Crippen LogP contribution is -2.46. The Balaban J connectivity index is 1.37. The molecule has 5 unspecified atom stereocenters. The van der Waals surface area contributed by atoms with Gasteiger partial charge in [-0.3, -0.25) is 42.1 Å². The number of aliphatic hydroxyl groups is 2. The topological polar surface area (TPSA) is 448 Å². The summed E-state index contributed by atoms with van der Waals surface area (Å²) in [5.41, 5.74) is 9.47. The van der Waals surface area contributed by atoms with Crippen LogP contribution in [0, 0.1) is 5.41 Å². The van der Waals surface area contributed by atoms with Gasteiger partial charge in [-0.1, -0.05) is 13.8 Å². The highest BCUT2D eigenvalue weighted by Crippen LogP contribution is 2.61. The highest BCUT2D eigenvalue weighted by atomic mass is 32.2. The number of nitrogens with one attached hydrogen (secondary N) is 4. The summed E-state index contributed by atoms with van der Waals surface area (Å²) < 4.78 is 62.2. The number of carbonyl (C=O) groups excluding carboxylic acids is 5. The molecule has 33 heteroatoms. The van der Waals surface area contributed by atoms with Crippen LogP contribution in [0.3, 0.4) is 0 Å². The number of fused-ring (bicyclic) bond motifs is 1. The van der Waals surface area contributed by atoms with Gasteiger partial charge in [0.05, 0.1) is 25.3 Å². The molecule has 3 rings (SSSR count). The highest BCUT2D eigenvalue weighted by Gasteiger charge is 2.50. The molecular weight excluding hydrogens is 941 g/mol. The van der Waals surface area contributed by atoms with Crippen molar-refractivity contribution in [3.8, 4) is 0 Å². The third-order valence-electron chi connectivity index (χ3n) is 8.84. The summed E-state index contributed by atoms with van der Waals surface area (Å²) in [4.78, 5) is 110. The fourth-order valence-corrected chi connectivity index (χ4v) is 9.16. The van der Waals surface area contributed by atoms with Gasteiger partial charge in [-0.15, -0.1) is 0 Å². The lowest BCUT2D eigenvalue weighted by atomic mass is 9.87. The van der Waals surface area contributed by atoms with Crippen molar-refractivity contribution in [3.05, 3.63) is 12.7 Å². The summed E-state index contributed by atoms with van der Waals surface area (Å²) in [6.45, 7) is 2.01. The number of ether oxygens (including phenoxy) is 1. The molecule has 1 aliphatic rings. The van der Waals surface area contributed by atoms with E-state index in [2.05, 4.69) is 45.1 Å². The van der Waals surface area contributed by atoms with E-state index in [1.807, 2.05) is 0 Å². The van der Waals surface area contributed by atoms with Gasteiger partial charge in [0.2, 0.25) is 29.5 Å². The molecule has 64 heavy (non-hydrogen) atoms. The van der Waals surface area contributed by atoms with Crippen LogP contribution in [0.2, 0.25) is 0 Å². The summed E-state index contributed by atoms with van der Waals surface area (Å²) in [5.74, 6) is -2.27. The molecule has 5 amide bonds. The minimum Gasteiger partial charge on any atom is -0.386 e. The largest absolute Gasteiger partial charge is 0.481 e. The number of anilines is 1. The minimum atomic E-state index is -5.59. The molecule has 0 bridgehead atoms. The maximum absolute atomic E-state index is 12.7. The van der Waals surface area contributed by atoms with E-state index in [4.69, 9.17) is 25.3 Å². The monoisotopic (exact) mass is 994 g/mol. The van der Waals surface area contributed by atoms with E-state index in [1.165, 1.54) is 32.5 Å². The zero-order valence-corrected chi connectivity index (χ0v) is 38.1. The number of imidazole rings is 1. The number of rotatable bonds is 28. The molecule has 1 saturated heterocycles. The summed E-state index contributed by atoms with van der Waals surface area (Å²) >= 11 is 1.25. The molecule has 29 nitrogen and oxygen atoms in total. The number of aliphatic hydroxyl groups excluding tert-OH is 2. The van der Waals surface area contributed by atoms with Crippen LogP contribution >= 0.6 is 35.2 Å². The predicted octanol–water partition coefficient (Wildman–Crippen LogP) is -2.59. The van der Waals surface area contributed by atoms with Crippen LogP contribution in [0.4, 0.5) is 5.82 Å². The maximum atomic E-state index is 12.7. The molecule has 2 aromatic heterocycles. The highest BCUT2D eigenvalue weighted by molar-refractivity contribution is 7.99. The number of amides is 5. The van der Waals surface area contributed by atoms with E-state index in [1.54, 1.807) is 0 Å². The molecule has 0 spiro atoms. The van der Waals surface area contributed by atoms with Gasteiger partial charge in [0.25, 0.3) is 0 Å². The van der Waals surface area contributed by atoms with Crippen molar-refractivity contribution in [3.63, 3.8) is 0 Å². The number of phosphoric ester groups is 3. The van der Waals surface area contributed by atoms with Crippen molar-refractivity contribution in [2.45, 2.75) is 83.1 Å². The number of nitrogens with two attached hydrogens (primary N) is 2. The molecule has 0 saturated carbocycles. The van der Waals surface area contributed by atoms with Gasteiger partial charge in [0.15, 0.2) is 17.7 Å². The second-order valence-corrected chi connectivity index (χ2v) is 20.0. The average molecular weight is 995 g/mol. The number of primary amides is 1. The first-order chi connectivity index (χ1) is 29.7. The Labute approximate surface area is 368 Å². The van der Waals surface area contributed by atoms with Crippen LogP contribution in [0.5, 0.6) is 0 Å². The van der Waals surface area contributed by atoms with Crippen molar-refractivity contribution >= 4 is 81.7 Å². The number of unbranched alkanes of at least 4 members (excludes halogenated alkanes) is 1. The van der Waals surface area contributed by atoms with E-state index in [9.17, 15) is 67.5 Å². The zero-order chi connectivity index (χ0) is 48.0. The van der Waals surface area contributed by atoms with Crippen molar-refractivity contribution < 1.29 is 90.1 Å². The van der Waals surface area contributed by atoms with Gasteiger partial charge in [-0.2, -0.15) is 16.1 Å². The summed E-state index contributed by atoms with van der Waals surface area (Å²) in [6, 6.07) is -0.780. The first-order valence-electron chi connectivity index (χ1n) is 19.0. The molecule has 14 N–H and O–H groups in total. The first kappa shape index (κ1) is 54.6. The number of nitrogens with zero attached hydrogens (tertiary/aromatic N) is 4. The van der Waals surface area contributed by atoms with Crippen LogP contribution in [-0.2, 0) is 60.3 Å². The SMILES string of the molecule is CC(=O)NC(CCCCNC(=O)CSCCNC(=O)CCNC(=O)[C@H](O)C(C)(C)COP(=O)(O)OP(=O)(O)OCC1OC(n2cnc3c(N)ncnc32)[C@H](O)[C@@H]1OP(=O)(O)O)C(N)=O. The van der Waals surface area contributed by atoms with Gasteiger partial charge < -0.3 is 67.3 Å². The normalized spacial score (nSPS) is 20.7. The Hall–Kier alpha value is -3.70.